The van der Waals surface area contributed by atoms with E-state index in [0.29, 0.717) is 35.6 Å². The second-order valence-electron chi connectivity index (χ2n) is 8.74. The largest absolute Gasteiger partial charge is 0.327 e. The fraction of sp³-hybridized carbons (Fsp3) is 0.292. The van der Waals surface area contributed by atoms with Crippen LogP contribution in [0.5, 0.6) is 0 Å². The maximum absolute atomic E-state index is 15.1. The molecule has 1 spiro atoms. The first kappa shape index (κ1) is 22.9. The lowest BCUT2D eigenvalue weighted by Gasteiger charge is -2.44. The molecule has 9 nitrogen and oxygen atoms in total. The minimum Gasteiger partial charge on any atom is -0.327 e. The highest BCUT2D eigenvalue weighted by Gasteiger charge is 2.60. The number of nitrogens with one attached hydrogen (secondary N) is 1. The Morgan fingerprint density at radius 2 is 2.06 bits per heavy atom. The predicted molar refractivity (Wildman–Crippen MR) is 131 cm³/mol. The molecule has 2 aromatic heterocycles. The number of aryl methyl sites for hydroxylation is 2. The molecule has 1 saturated heterocycles. The number of benzene rings is 1. The summed E-state index contributed by atoms with van der Waals surface area (Å²) in [7, 11) is 1.71. The van der Waals surface area contributed by atoms with E-state index in [1.165, 1.54) is 27.9 Å². The molecule has 1 aliphatic carbocycles. The molecular formula is C24H22FN7O2S. The van der Waals surface area contributed by atoms with Crippen molar-refractivity contribution in [3.05, 3.63) is 65.4 Å². The van der Waals surface area contributed by atoms with Gasteiger partial charge in [0.25, 0.3) is 11.8 Å². The van der Waals surface area contributed by atoms with Crippen molar-refractivity contribution in [1.82, 2.24) is 14.8 Å². The maximum atomic E-state index is 15.1. The summed E-state index contributed by atoms with van der Waals surface area (Å²) in [4.78, 5) is 33.7. The number of pyridine rings is 1. The summed E-state index contributed by atoms with van der Waals surface area (Å²) in [6.07, 6.45) is 5.21. The summed E-state index contributed by atoms with van der Waals surface area (Å²) < 4.78 is 16.7. The Morgan fingerprint density at radius 3 is 2.63 bits per heavy atom. The minimum atomic E-state index is -0.849. The third-order valence-corrected chi connectivity index (χ3v) is 7.06. The number of nitrogens with zero attached hydrogens (tertiary/aromatic N) is 6. The molecule has 2 fully saturated rings. The van der Waals surface area contributed by atoms with Crippen molar-refractivity contribution in [3.8, 4) is 6.07 Å². The fourth-order valence-corrected chi connectivity index (χ4v) is 5.27. The number of thiol groups is 1. The molecule has 5 rings (SSSR count). The molecule has 1 aliphatic heterocycles. The van der Waals surface area contributed by atoms with E-state index in [1.807, 2.05) is 6.07 Å². The minimum absolute atomic E-state index is 0.132. The topological polar surface area (TPSA) is 107 Å². The Kier molecular flexibility index (Phi) is 5.48. The van der Waals surface area contributed by atoms with Crippen LogP contribution in [0.3, 0.4) is 0 Å². The monoisotopic (exact) mass is 491 g/mol. The maximum Gasteiger partial charge on any atom is 0.259 e. The summed E-state index contributed by atoms with van der Waals surface area (Å²) in [5, 5.41) is 15.8. The smallest absolute Gasteiger partial charge is 0.259 e. The lowest BCUT2D eigenvalue weighted by molar-refractivity contribution is -0.124. The van der Waals surface area contributed by atoms with Gasteiger partial charge in [-0.1, -0.05) is 0 Å². The zero-order valence-corrected chi connectivity index (χ0v) is 20.0. The van der Waals surface area contributed by atoms with Gasteiger partial charge in [-0.15, -0.1) is 12.6 Å². The average Bonchev–Trinajstić information content (AvgIpc) is 3.30. The van der Waals surface area contributed by atoms with Crippen LogP contribution in [-0.2, 0) is 11.8 Å². The highest BCUT2D eigenvalue weighted by molar-refractivity contribution is 7.81. The van der Waals surface area contributed by atoms with Gasteiger partial charge in [-0.2, -0.15) is 10.4 Å². The van der Waals surface area contributed by atoms with E-state index < -0.39 is 22.8 Å². The summed E-state index contributed by atoms with van der Waals surface area (Å²) in [5.41, 5.74) is 0.203. The highest BCUT2D eigenvalue weighted by atomic mass is 32.1. The molecule has 1 saturated carbocycles. The second kappa shape index (κ2) is 8.39. The Hall–Kier alpha value is -3.91. The molecule has 1 unspecified atom stereocenters. The lowest BCUT2D eigenvalue weighted by atomic mass is 9.75. The molecule has 0 bridgehead atoms. The van der Waals surface area contributed by atoms with E-state index in [0.717, 1.165) is 6.42 Å². The van der Waals surface area contributed by atoms with Gasteiger partial charge in [0, 0.05) is 25.0 Å². The van der Waals surface area contributed by atoms with E-state index >= 15 is 4.39 Å². The Balaban J connectivity index is 1.47. The zero-order chi connectivity index (χ0) is 24.9. The van der Waals surface area contributed by atoms with Crippen LogP contribution in [0.2, 0.25) is 0 Å². The van der Waals surface area contributed by atoms with Crippen LogP contribution >= 0.6 is 12.6 Å². The third-order valence-electron chi connectivity index (χ3n) is 6.60. The van der Waals surface area contributed by atoms with Gasteiger partial charge < -0.3 is 10.2 Å². The molecule has 35 heavy (non-hydrogen) atoms. The number of halogens is 1. The number of hydrogen-bond donors (Lipinski definition) is 2. The molecule has 1 N–H and O–H groups in total. The van der Waals surface area contributed by atoms with Gasteiger partial charge in [-0.3, -0.25) is 19.2 Å². The molecule has 2 amide bonds. The van der Waals surface area contributed by atoms with Crippen LogP contribution in [0.15, 0.2) is 42.7 Å². The zero-order valence-electron chi connectivity index (χ0n) is 19.1. The van der Waals surface area contributed by atoms with Crippen molar-refractivity contribution < 1.29 is 14.0 Å². The van der Waals surface area contributed by atoms with E-state index in [4.69, 9.17) is 12.6 Å². The van der Waals surface area contributed by atoms with Crippen LogP contribution in [0, 0.1) is 24.1 Å². The van der Waals surface area contributed by atoms with Gasteiger partial charge in [0.1, 0.15) is 23.1 Å². The van der Waals surface area contributed by atoms with Crippen LogP contribution in [0.25, 0.3) is 0 Å². The SMILES string of the molecule is Cc1cc(N2C(=O)C3(CCC3)N(c3ccc(C(=O)Nc4ccn(C)n4)c(F)c3)C2S)cnc1C#N. The number of anilines is 3. The summed E-state index contributed by atoms with van der Waals surface area (Å²) in [6.45, 7) is 1.75. The normalized spacial score (nSPS) is 18.5. The summed E-state index contributed by atoms with van der Waals surface area (Å²) >= 11 is 4.74. The standard InChI is InChI=1S/C24H22FN7O2S/c1-14-10-16(13-27-19(14)12-26)31-22(34)24(7-3-8-24)32(23(31)35)15-4-5-17(18(25)11-15)21(33)28-20-6-9-30(2)29-20/h4-6,9-11,13,23,35H,3,7-8H2,1-2H3,(H,28,29,33). The molecule has 3 aromatic rings. The number of carbonyl (C=O) groups excluding carboxylic acids is 2. The van der Waals surface area contributed by atoms with Crippen LogP contribution < -0.4 is 15.1 Å². The van der Waals surface area contributed by atoms with Gasteiger partial charge in [-0.05, 0) is 56.0 Å². The number of nitriles is 1. The van der Waals surface area contributed by atoms with Crippen molar-refractivity contribution >= 4 is 41.6 Å². The Bertz CT molecular complexity index is 1390. The molecule has 178 valence electrons. The number of aromatic nitrogens is 3. The summed E-state index contributed by atoms with van der Waals surface area (Å²) in [5.74, 6) is -1.16. The van der Waals surface area contributed by atoms with E-state index in [9.17, 15) is 14.9 Å². The molecule has 1 aromatic carbocycles. The van der Waals surface area contributed by atoms with E-state index in [1.54, 1.807) is 43.3 Å². The van der Waals surface area contributed by atoms with Crippen LogP contribution in [0.1, 0.15) is 40.9 Å². The summed E-state index contributed by atoms with van der Waals surface area (Å²) in [6, 6.07) is 9.65. The first-order chi connectivity index (χ1) is 16.7. The average molecular weight is 492 g/mol. The van der Waals surface area contributed by atoms with Gasteiger partial charge in [0.2, 0.25) is 0 Å². The van der Waals surface area contributed by atoms with Gasteiger partial charge in [0.05, 0.1) is 17.4 Å². The van der Waals surface area contributed by atoms with Crippen molar-refractivity contribution in [2.45, 2.75) is 37.2 Å². The third kappa shape index (κ3) is 3.61. The number of rotatable bonds is 4. The Morgan fingerprint density at radius 1 is 1.29 bits per heavy atom. The van der Waals surface area contributed by atoms with Crippen molar-refractivity contribution in [1.29, 1.82) is 5.26 Å². The molecule has 3 heterocycles. The molecular weight excluding hydrogens is 469 g/mol. The Labute approximate surface area is 206 Å². The molecule has 11 heteroatoms. The quantitative estimate of drug-likeness (QED) is 0.542. The van der Waals surface area contributed by atoms with Gasteiger partial charge >= 0.3 is 0 Å². The number of carbonyl (C=O) groups is 2. The molecule has 1 atom stereocenters. The number of hydrogen-bond acceptors (Lipinski definition) is 7. The van der Waals surface area contributed by atoms with Crippen molar-refractivity contribution in [3.63, 3.8) is 0 Å². The van der Waals surface area contributed by atoms with Crippen molar-refractivity contribution in [2.75, 3.05) is 15.1 Å². The molecule has 0 radical (unpaired) electrons. The lowest BCUT2D eigenvalue weighted by Crippen LogP contribution is -2.55. The van der Waals surface area contributed by atoms with Gasteiger partial charge in [-0.25, -0.2) is 9.37 Å². The van der Waals surface area contributed by atoms with Gasteiger partial charge in [0.15, 0.2) is 11.3 Å². The first-order valence-corrected chi connectivity index (χ1v) is 11.6. The van der Waals surface area contributed by atoms with Crippen LogP contribution in [-0.4, -0.2) is 37.6 Å². The fourth-order valence-electron chi connectivity index (χ4n) is 4.68. The molecule has 2 aliphatic rings. The van der Waals surface area contributed by atoms with Crippen LogP contribution in [0.4, 0.5) is 21.6 Å². The number of amides is 2. The van der Waals surface area contributed by atoms with E-state index in [-0.39, 0.29) is 17.2 Å². The highest BCUT2D eigenvalue weighted by Crippen LogP contribution is 2.50. The van der Waals surface area contributed by atoms with E-state index in [2.05, 4.69) is 15.4 Å². The van der Waals surface area contributed by atoms with Crippen molar-refractivity contribution in [2.24, 2.45) is 7.05 Å². The predicted octanol–water partition coefficient (Wildman–Crippen LogP) is 3.38. The second-order valence-corrected chi connectivity index (χ2v) is 9.20. The first-order valence-electron chi connectivity index (χ1n) is 11.0.